The summed E-state index contributed by atoms with van der Waals surface area (Å²) in [6, 6.07) is 0. The smallest absolute Gasteiger partial charge is 0.220 e. The number of carbonyl (C=O) groups excluding carboxylic acids is 1. The van der Waals surface area contributed by atoms with Gasteiger partial charge in [-0.1, -0.05) is 65.2 Å². The number of rotatable bonds is 21. The molecule has 0 spiro atoms. The van der Waals surface area contributed by atoms with E-state index in [-0.39, 0.29) is 25.2 Å². The maximum Gasteiger partial charge on any atom is 0.220 e. The molecule has 6 heteroatoms. The maximum atomic E-state index is 12.0. The molecule has 0 heterocycles. The lowest BCUT2D eigenvalue weighted by molar-refractivity contribution is -0.121. The fourth-order valence-corrected chi connectivity index (χ4v) is 3.20. The van der Waals surface area contributed by atoms with Gasteiger partial charge in [-0.25, -0.2) is 0 Å². The minimum absolute atomic E-state index is 0.0113. The molecule has 0 saturated heterocycles. The monoisotopic (exact) mass is 402 g/mol. The molecule has 0 aliphatic carbocycles. The Labute approximate surface area is 173 Å². The van der Waals surface area contributed by atoms with E-state index in [2.05, 4.69) is 19.2 Å². The summed E-state index contributed by atoms with van der Waals surface area (Å²) in [4.78, 5) is 14.0. The van der Waals surface area contributed by atoms with E-state index in [1.807, 2.05) is 4.90 Å². The van der Waals surface area contributed by atoms with Crippen molar-refractivity contribution in [2.75, 3.05) is 46.0 Å². The number of unbranched alkanes of at least 4 members (excludes halogenated alkanes) is 8. The second-order valence-corrected chi connectivity index (χ2v) is 7.57. The second kappa shape index (κ2) is 21.0. The Morgan fingerprint density at radius 1 is 0.893 bits per heavy atom. The molecule has 28 heavy (non-hydrogen) atoms. The summed E-state index contributed by atoms with van der Waals surface area (Å²) in [7, 11) is 0. The molecule has 1 amide bonds. The zero-order chi connectivity index (χ0) is 20.9. The fourth-order valence-electron chi connectivity index (χ4n) is 3.20. The number of hydrogen-bond donors (Lipinski definition) is 3. The molecule has 0 bridgehead atoms. The third kappa shape index (κ3) is 17.4. The molecule has 168 valence electrons. The standard InChI is InChI=1S/C22H46N2O4/c1-3-5-6-7-8-9-10-11-12-13-22(27)23-20-21(4-2)28-19-16-24(14-17-25)15-18-26/h21,25-26H,3-20H2,1-2H3,(H,23,27). The van der Waals surface area contributed by atoms with Crippen molar-refractivity contribution >= 4 is 5.91 Å². The number of nitrogens with one attached hydrogen (secondary N) is 1. The molecule has 0 aromatic rings. The topological polar surface area (TPSA) is 82.0 Å². The number of hydrogen-bond acceptors (Lipinski definition) is 5. The average Bonchev–Trinajstić information content (AvgIpc) is 2.69. The van der Waals surface area contributed by atoms with Gasteiger partial charge in [-0.3, -0.25) is 9.69 Å². The molecular weight excluding hydrogens is 356 g/mol. The lowest BCUT2D eigenvalue weighted by Crippen LogP contribution is -2.37. The first kappa shape index (κ1) is 27.3. The first-order chi connectivity index (χ1) is 13.7. The van der Waals surface area contributed by atoms with Crippen LogP contribution in [0.15, 0.2) is 0 Å². The van der Waals surface area contributed by atoms with Crippen LogP contribution in [0.3, 0.4) is 0 Å². The largest absolute Gasteiger partial charge is 0.395 e. The molecule has 1 unspecified atom stereocenters. The molecule has 3 N–H and O–H groups in total. The van der Waals surface area contributed by atoms with Crippen molar-refractivity contribution in [1.29, 1.82) is 0 Å². The van der Waals surface area contributed by atoms with Crippen LogP contribution in [0, 0.1) is 0 Å². The molecule has 0 aromatic carbocycles. The Morgan fingerprint density at radius 3 is 2.00 bits per heavy atom. The highest BCUT2D eigenvalue weighted by Crippen LogP contribution is 2.10. The summed E-state index contributed by atoms with van der Waals surface area (Å²) < 4.78 is 5.84. The van der Waals surface area contributed by atoms with Gasteiger partial charge in [0.05, 0.1) is 25.9 Å². The summed E-state index contributed by atoms with van der Waals surface area (Å²) in [5, 5.41) is 21.0. The van der Waals surface area contributed by atoms with Crippen molar-refractivity contribution in [2.45, 2.75) is 90.6 Å². The van der Waals surface area contributed by atoms with Crippen molar-refractivity contribution < 1.29 is 19.7 Å². The number of aliphatic hydroxyl groups is 2. The van der Waals surface area contributed by atoms with E-state index in [1.165, 1.54) is 44.9 Å². The molecule has 0 rings (SSSR count). The van der Waals surface area contributed by atoms with Gasteiger partial charge in [0, 0.05) is 32.6 Å². The van der Waals surface area contributed by atoms with E-state index in [1.54, 1.807) is 0 Å². The normalized spacial score (nSPS) is 12.5. The zero-order valence-electron chi connectivity index (χ0n) is 18.5. The highest BCUT2D eigenvalue weighted by atomic mass is 16.5. The van der Waals surface area contributed by atoms with E-state index in [4.69, 9.17) is 14.9 Å². The minimum atomic E-state index is 0.0113. The van der Waals surface area contributed by atoms with E-state index in [9.17, 15) is 4.79 Å². The highest BCUT2D eigenvalue weighted by Gasteiger charge is 2.10. The van der Waals surface area contributed by atoms with Crippen LogP contribution < -0.4 is 5.32 Å². The second-order valence-electron chi connectivity index (χ2n) is 7.57. The van der Waals surface area contributed by atoms with Gasteiger partial charge in [0.2, 0.25) is 5.91 Å². The summed E-state index contributed by atoms with van der Waals surface area (Å²) in [6.45, 7) is 7.27. The molecule has 0 fully saturated rings. The predicted molar refractivity (Wildman–Crippen MR) is 115 cm³/mol. The quantitative estimate of drug-likeness (QED) is 0.257. The summed E-state index contributed by atoms with van der Waals surface area (Å²) in [5.41, 5.74) is 0. The Kier molecular flexibility index (Phi) is 20.5. The van der Waals surface area contributed by atoms with E-state index in [0.717, 1.165) is 19.3 Å². The van der Waals surface area contributed by atoms with Gasteiger partial charge < -0.3 is 20.3 Å². The zero-order valence-corrected chi connectivity index (χ0v) is 18.5. The minimum Gasteiger partial charge on any atom is -0.395 e. The van der Waals surface area contributed by atoms with Crippen molar-refractivity contribution in [3.8, 4) is 0 Å². The van der Waals surface area contributed by atoms with Gasteiger partial charge in [0.1, 0.15) is 0 Å². The maximum absolute atomic E-state index is 12.0. The molecule has 0 aromatic heterocycles. The average molecular weight is 403 g/mol. The number of carbonyl (C=O) groups is 1. The number of aliphatic hydroxyl groups excluding tert-OH is 2. The molecule has 6 nitrogen and oxygen atoms in total. The van der Waals surface area contributed by atoms with E-state index < -0.39 is 0 Å². The van der Waals surface area contributed by atoms with Crippen LogP contribution in [0.1, 0.15) is 84.5 Å². The van der Waals surface area contributed by atoms with Gasteiger partial charge in [-0.15, -0.1) is 0 Å². The Balaban J connectivity index is 3.67. The summed E-state index contributed by atoms with van der Waals surface area (Å²) >= 11 is 0. The Bertz CT molecular complexity index is 336. The number of nitrogens with zero attached hydrogens (tertiary/aromatic N) is 1. The van der Waals surface area contributed by atoms with Crippen LogP contribution >= 0.6 is 0 Å². The summed E-state index contributed by atoms with van der Waals surface area (Å²) in [5.74, 6) is 0.118. The van der Waals surface area contributed by atoms with Crippen LogP contribution in [0.5, 0.6) is 0 Å². The van der Waals surface area contributed by atoms with Crippen LogP contribution in [0.25, 0.3) is 0 Å². The third-order valence-corrected chi connectivity index (χ3v) is 5.08. The van der Waals surface area contributed by atoms with Crippen LogP contribution in [0.2, 0.25) is 0 Å². The van der Waals surface area contributed by atoms with Crippen LogP contribution in [-0.2, 0) is 9.53 Å². The van der Waals surface area contributed by atoms with E-state index in [0.29, 0.717) is 39.2 Å². The Hall–Kier alpha value is -0.690. The van der Waals surface area contributed by atoms with Crippen molar-refractivity contribution in [1.82, 2.24) is 10.2 Å². The van der Waals surface area contributed by atoms with Gasteiger partial charge in [-0.05, 0) is 12.8 Å². The molecular formula is C22H46N2O4. The molecule has 0 aliphatic rings. The number of ether oxygens (including phenoxy) is 1. The molecule has 0 radical (unpaired) electrons. The van der Waals surface area contributed by atoms with Gasteiger partial charge in [0.25, 0.3) is 0 Å². The molecule has 1 atom stereocenters. The third-order valence-electron chi connectivity index (χ3n) is 5.08. The van der Waals surface area contributed by atoms with Crippen molar-refractivity contribution in [3.63, 3.8) is 0 Å². The van der Waals surface area contributed by atoms with E-state index >= 15 is 0 Å². The van der Waals surface area contributed by atoms with Gasteiger partial charge in [-0.2, -0.15) is 0 Å². The van der Waals surface area contributed by atoms with Gasteiger partial charge in [0.15, 0.2) is 0 Å². The first-order valence-electron chi connectivity index (χ1n) is 11.5. The predicted octanol–water partition coefficient (Wildman–Crippen LogP) is 3.11. The summed E-state index contributed by atoms with van der Waals surface area (Å²) in [6.07, 6.45) is 12.8. The SMILES string of the molecule is CCCCCCCCCCCC(=O)NCC(CC)OCCN(CCO)CCO. The fraction of sp³-hybridized carbons (Fsp3) is 0.955. The lowest BCUT2D eigenvalue weighted by atomic mass is 10.1. The highest BCUT2D eigenvalue weighted by molar-refractivity contribution is 5.75. The lowest BCUT2D eigenvalue weighted by Gasteiger charge is -2.22. The molecule has 0 saturated carbocycles. The van der Waals surface area contributed by atoms with Crippen molar-refractivity contribution in [3.05, 3.63) is 0 Å². The van der Waals surface area contributed by atoms with Crippen LogP contribution in [-0.4, -0.2) is 73.1 Å². The molecule has 0 aliphatic heterocycles. The number of amides is 1. The Morgan fingerprint density at radius 2 is 1.46 bits per heavy atom. The first-order valence-corrected chi connectivity index (χ1v) is 11.5. The van der Waals surface area contributed by atoms with Crippen molar-refractivity contribution in [2.24, 2.45) is 0 Å². The van der Waals surface area contributed by atoms with Crippen LogP contribution in [0.4, 0.5) is 0 Å². The van der Waals surface area contributed by atoms with Gasteiger partial charge >= 0.3 is 0 Å².